The van der Waals surface area contributed by atoms with Crippen LogP contribution < -0.4 is 4.74 Å². The Balaban J connectivity index is 1.45. The first kappa shape index (κ1) is 26.1. The summed E-state index contributed by atoms with van der Waals surface area (Å²) >= 11 is 0. The molecule has 0 N–H and O–H groups in total. The lowest BCUT2D eigenvalue weighted by molar-refractivity contribution is 0.0723. The summed E-state index contributed by atoms with van der Waals surface area (Å²) in [4.78, 5) is 12.3. The van der Waals surface area contributed by atoms with Gasteiger partial charge in [-0.15, -0.1) is 0 Å². The van der Waals surface area contributed by atoms with Gasteiger partial charge in [0.25, 0.3) is 0 Å². The lowest BCUT2D eigenvalue weighted by atomic mass is 9.98. The van der Waals surface area contributed by atoms with Crippen molar-refractivity contribution in [1.29, 1.82) is 0 Å². The minimum Gasteiger partial charge on any atom is -0.423 e. The van der Waals surface area contributed by atoms with Crippen LogP contribution in [0, 0.1) is 29.1 Å². The van der Waals surface area contributed by atoms with E-state index in [-0.39, 0.29) is 5.56 Å². The first-order valence-corrected chi connectivity index (χ1v) is 11.8. The fourth-order valence-electron chi connectivity index (χ4n) is 4.00. The number of hydrogen-bond donors (Lipinski definition) is 0. The molecule has 0 amide bonds. The highest BCUT2D eigenvalue weighted by molar-refractivity contribution is 5.92. The fraction of sp³-hybridized carbons (Fsp3) is 0.167. The smallest absolute Gasteiger partial charge is 0.349 e. The molecule has 0 unspecified atom stereocenters. The monoisotopic (exact) mass is 510 g/mol. The summed E-state index contributed by atoms with van der Waals surface area (Å²) in [7, 11) is 0. The number of aryl methyl sites for hydroxylation is 3. The molecule has 0 aliphatic heterocycles. The second-order valence-corrected chi connectivity index (χ2v) is 8.67. The van der Waals surface area contributed by atoms with E-state index in [1.807, 2.05) is 12.1 Å². The van der Waals surface area contributed by atoms with Crippen molar-refractivity contribution in [1.82, 2.24) is 0 Å². The summed E-state index contributed by atoms with van der Waals surface area (Å²) in [5, 5.41) is 0. The zero-order valence-corrected chi connectivity index (χ0v) is 20.0. The molecule has 4 aromatic carbocycles. The van der Waals surface area contributed by atoms with Crippen LogP contribution in [0.5, 0.6) is 5.75 Å². The van der Waals surface area contributed by atoms with Gasteiger partial charge >= 0.3 is 5.97 Å². The van der Waals surface area contributed by atoms with Crippen LogP contribution in [0.2, 0.25) is 0 Å². The maximum Gasteiger partial charge on any atom is 0.349 e. The summed E-state index contributed by atoms with van der Waals surface area (Å²) < 4.78 is 73.8. The molecule has 0 fully saturated rings. The Bertz CT molecular complexity index is 1370. The van der Waals surface area contributed by atoms with E-state index < -0.39 is 46.4 Å². The van der Waals surface area contributed by atoms with E-state index in [1.165, 1.54) is 11.1 Å². The van der Waals surface area contributed by atoms with Crippen LogP contribution in [0.4, 0.5) is 22.0 Å². The molecule has 4 rings (SSSR count). The Morgan fingerprint density at radius 2 is 1.08 bits per heavy atom. The van der Waals surface area contributed by atoms with Gasteiger partial charge in [-0.25, -0.2) is 26.7 Å². The van der Waals surface area contributed by atoms with Gasteiger partial charge in [-0.1, -0.05) is 61.9 Å². The molecule has 0 aliphatic rings. The molecule has 0 aliphatic carbocycles. The van der Waals surface area contributed by atoms with Crippen LogP contribution in [-0.4, -0.2) is 5.97 Å². The van der Waals surface area contributed by atoms with Crippen LogP contribution in [0.1, 0.15) is 40.4 Å². The Labute approximate surface area is 211 Å². The Morgan fingerprint density at radius 1 is 0.622 bits per heavy atom. The second-order valence-electron chi connectivity index (χ2n) is 8.67. The van der Waals surface area contributed by atoms with E-state index in [0.717, 1.165) is 43.4 Å². The summed E-state index contributed by atoms with van der Waals surface area (Å²) in [6, 6.07) is 18.5. The molecule has 0 atom stereocenters. The van der Waals surface area contributed by atoms with Crippen LogP contribution in [0.25, 0.3) is 11.1 Å². The van der Waals surface area contributed by atoms with Crippen LogP contribution >= 0.6 is 0 Å². The van der Waals surface area contributed by atoms with E-state index in [0.29, 0.717) is 17.7 Å². The van der Waals surface area contributed by atoms with Gasteiger partial charge < -0.3 is 4.74 Å². The van der Waals surface area contributed by atoms with Crippen molar-refractivity contribution >= 4 is 5.97 Å². The maximum absolute atomic E-state index is 14.7. The number of carbonyl (C=O) groups excluding carboxylic acids is 1. The van der Waals surface area contributed by atoms with Gasteiger partial charge in [0.15, 0.2) is 17.5 Å². The number of esters is 1. The average molecular weight is 511 g/mol. The largest absolute Gasteiger partial charge is 0.423 e. The molecular weight excluding hydrogens is 487 g/mol. The first-order valence-electron chi connectivity index (χ1n) is 11.8. The third kappa shape index (κ3) is 6.23. The highest BCUT2D eigenvalue weighted by Gasteiger charge is 2.22. The lowest BCUT2D eigenvalue weighted by Crippen LogP contribution is -2.14. The van der Waals surface area contributed by atoms with Crippen molar-refractivity contribution in [2.45, 2.75) is 32.6 Å². The van der Waals surface area contributed by atoms with E-state index in [1.54, 1.807) is 12.1 Å². The SMILES string of the molecule is CCCc1ccc(CCc2ccc(-c3cc(F)c(C(=O)Oc4cc(F)c(F)c(F)c4)c(F)c3)cc2)cc1. The standard InChI is InChI=1S/C30H23F5O2/c1-2-3-18-4-6-19(7-5-18)8-9-20-10-12-21(13-11-20)22-14-24(31)28(25(32)15-22)30(36)37-23-16-26(33)29(35)27(34)17-23/h4-7,10-17H,2-3,8-9H2,1H3. The van der Waals surface area contributed by atoms with E-state index >= 15 is 0 Å². The van der Waals surface area contributed by atoms with Gasteiger partial charge in [-0.2, -0.15) is 0 Å². The van der Waals surface area contributed by atoms with Gasteiger partial charge in [0.2, 0.25) is 0 Å². The zero-order valence-electron chi connectivity index (χ0n) is 20.0. The number of ether oxygens (including phenoxy) is 1. The predicted octanol–water partition coefficient (Wildman–Crippen LogP) is 8.01. The highest BCUT2D eigenvalue weighted by atomic mass is 19.2. The Morgan fingerprint density at radius 3 is 1.57 bits per heavy atom. The predicted molar refractivity (Wildman–Crippen MR) is 131 cm³/mol. The molecule has 190 valence electrons. The minimum atomic E-state index is -1.76. The molecule has 0 bridgehead atoms. The number of carbonyl (C=O) groups is 1. The molecule has 0 heterocycles. The number of benzene rings is 4. The minimum absolute atomic E-state index is 0.198. The molecule has 0 radical (unpaired) electrons. The molecule has 7 heteroatoms. The van der Waals surface area contributed by atoms with Crippen molar-refractivity contribution < 1.29 is 31.5 Å². The van der Waals surface area contributed by atoms with Gasteiger partial charge in [0.05, 0.1) is 0 Å². The fourth-order valence-corrected chi connectivity index (χ4v) is 4.00. The normalized spacial score (nSPS) is 11.0. The van der Waals surface area contributed by atoms with Gasteiger partial charge in [-0.3, -0.25) is 0 Å². The maximum atomic E-state index is 14.7. The Hall–Kier alpha value is -4.00. The summed E-state index contributed by atoms with van der Waals surface area (Å²) in [5.74, 6) is -9.62. The summed E-state index contributed by atoms with van der Waals surface area (Å²) in [6.07, 6.45) is 3.81. The number of hydrogen-bond acceptors (Lipinski definition) is 2. The van der Waals surface area contributed by atoms with Gasteiger partial charge in [0, 0.05) is 12.1 Å². The van der Waals surface area contributed by atoms with Crippen molar-refractivity contribution in [3.8, 4) is 16.9 Å². The van der Waals surface area contributed by atoms with Crippen molar-refractivity contribution in [3.05, 3.63) is 124 Å². The molecule has 0 saturated carbocycles. The van der Waals surface area contributed by atoms with Crippen LogP contribution in [-0.2, 0) is 19.3 Å². The van der Waals surface area contributed by atoms with Crippen molar-refractivity contribution in [3.63, 3.8) is 0 Å². The third-order valence-electron chi connectivity index (χ3n) is 5.97. The Kier molecular flexibility index (Phi) is 8.01. The molecule has 2 nitrogen and oxygen atoms in total. The third-order valence-corrected chi connectivity index (χ3v) is 5.97. The molecule has 0 saturated heterocycles. The van der Waals surface area contributed by atoms with E-state index in [4.69, 9.17) is 0 Å². The van der Waals surface area contributed by atoms with Crippen molar-refractivity contribution in [2.75, 3.05) is 0 Å². The topological polar surface area (TPSA) is 26.3 Å². The highest BCUT2D eigenvalue weighted by Crippen LogP contribution is 2.27. The summed E-state index contributed by atoms with van der Waals surface area (Å²) in [5.41, 5.74) is 3.29. The second kappa shape index (κ2) is 11.4. The molecular formula is C30H23F5O2. The average Bonchev–Trinajstić information content (AvgIpc) is 2.87. The van der Waals surface area contributed by atoms with Crippen LogP contribution in [0.3, 0.4) is 0 Å². The number of rotatable bonds is 8. The van der Waals surface area contributed by atoms with Gasteiger partial charge in [-0.05, 0) is 59.2 Å². The van der Waals surface area contributed by atoms with Crippen LogP contribution in [0.15, 0.2) is 72.8 Å². The van der Waals surface area contributed by atoms with E-state index in [2.05, 4.69) is 35.9 Å². The quantitative estimate of drug-likeness (QED) is 0.104. The molecule has 37 heavy (non-hydrogen) atoms. The molecule has 0 spiro atoms. The summed E-state index contributed by atoms with van der Waals surface area (Å²) in [6.45, 7) is 2.14. The molecule has 0 aromatic heterocycles. The van der Waals surface area contributed by atoms with Gasteiger partial charge in [0.1, 0.15) is 22.9 Å². The van der Waals surface area contributed by atoms with E-state index in [9.17, 15) is 26.7 Å². The first-order chi connectivity index (χ1) is 17.7. The lowest BCUT2D eigenvalue weighted by Gasteiger charge is -2.10. The van der Waals surface area contributed by atoms with Crippen molar-refractivity contribution in [2.24, 2.45) is 0 Å². The molecule has 4 aromatic rings. The number of halogens is 5. The zero-order chi connectivity index (χ0) is 26.5.